The highest BCUT2D eigenvalue weighted by Crippen LogP contribution is 2.30. The lowest BCUT2D eigenvalue weighted by Crippen LogP contribution is -2.36. The Balaban J connectivity index is 1.83. The second-order valence-corrected chi connectivity index (χ2v) is 9.80. The number of carbonyl (C=O) groups is 1. The van der Waals surface area contributed by atoms with E-state index >= 15 is 0 Å². The molecular formula is C30H38N2O5. The van der Waals surface area contributed by atoms with E-state index < -0.39 is 0 Å². The third kappa shape index (κ3) is 7.32. The molecule has 3 aromatic carbocycles. The molecule has 7 heteroatoms. The molecule has 0 atom stereocenters. The van der Waals surface area contributed by atoms with E-state index in [1.807, 2.05) is 18.2 Å². The summed E-state index contributed by atoms with van der Waals surface area (Å²) in [7, 11) is 6.39. The first-order chi connectivity index (χ1) is 17.7. The standard InChI is InChI=1S/C30H38N2O5/c1-30(2,3)23-11-8-22(9-12-23)20-32(17-16-21-10-15-26(35-5)28(18-21)37-7)29(33)31-25-14-13-24(34-4)19-27(25)36-6/h8-15,18-19H,16-17,20H2,1-7H3,(H,31,33). The second kappa shape index (κ2) is 12.4. The highest BCUT2D eigenvalue weighted by molar-refractivity contribution is 5.91. The minimum atomic E-state index is -0.219. The van der Waals surface area contributed by atoms with Crippen LogP contribution < -0.4 is 24.3 Å². The minimum Gasteiger partial charge on any atom is -0.497 e. The third-order valence-electron chi connectivity index (χ3n) is 6.25. The Morgan fingerprint density at radius 3 is 2.00 bits per heavy atom. The predicted molar refractivity (Wildman–Crippen MR) is 147 cm³/mol. The fraction of sp³-hybridized carbons (Fsp3) is 0.367. The van der Waals surface area contributed by atoms with E-state index in [4.69, 9.17) is 18.9 Å². The fourth-order valence-electron chi connectivity index (χ4n) is 3.98. The van der Waals surface area contributed by atoms with E-state index in [9.17, 15) is 4.79 Å². The van der Waals surface area contributed by atoms with Gasteiger partial charge in [0.05, 0.1) is 34.1 Å². The first-order valence-electron chi connectivity index (χ1n) is 12.3. The Bertz CT molecular complexity index is 1190. The van der Waals surface area contributed by atoms with Crippen LogP contribution in [-0.4, -0.2) is 45.9 Å². The summed E-state index contributed by atoms with van der Waals surface area (Å²) in [6.07, 6.45) is 0.646. The van der Waals surface area contributed by atoms with Crippen LogP contribution >= 0.6 is 0 Å². The molecule has 3 aromatic rings. The number of nitrogens with zero attached hydrogens (tertiary/aromatic N) is 1. The van der Waals surface area contributed by atoms with E-state index in [0.717, 1.165) is 11.1 Å². The second-order valence-electron chi connectivity index (χ2n) is 9.80. The lowest BCUT2D eigenvalue weighted by molar-refractivity contribution is 0.209. The van der Waals surface area contributed by atoms with Crippen LogP contribution in [-0.2, 0) is 18.4 Å². The van der Waals surface area contributed by atoms with Crippen LogP contribution in [0.1, 0.15) is 37.5 Å². The number of rotatable bonds is 10. The molecule has 3 rings (SSSR count). The van der Waals surface area contributed by atoms with E-state index in [0.29, 0.717) is 48.2 Å². The minimum absolute atomic E-state index is 0.0634. The number of methoxy groups -OCH3 is 4. The zero-order valence-corrected chi connectivity index (χ0v) is 22.9. The summed E-state index contributed by atoms with van der Waals surface area (Å²) in [4.78, 5) is 15.3. The van der Waals surface area contributed by atoms with Gasteiger partial charge in [0.2, 0.25) is 0 Å². The van der Waals surface area contributed by atoms with Crippen molar-refractivity contribution in [3.63, 3.8) is 0 Å². The smallest absolute Gasteiger partial charge is 0.322 e. The van der Waals surface area contributed by atoms with Gasteiger partial charge in [-0.2, -0.15) is 0 Å². The van der Waals surface area contributed by atoms with Crippen molar-refractivity contribution in [1.82, 2.24) is 4.90 Å². The highest BCUT2D eigenvalue weighted by atomic mass is 16.5. The van der Waals surface area contributed by atoms with Crippen LogP contribution in [0.25, 0.3) is 0 Å². The number of nitrogens with one attached hydrogen (secondary N) is 1. The molecule has 1 N–H and O–H groups in total. The van der Waals surface area contributed by atoms with Crippen LogP contribution in [0.4, 0.5) is 10.5 Å². The molecule has 0 saturated carbocycles. The van der Waals surface area contributed by atoms with E-state index in [-0.39, 0.29) is 11.4 Å². The highest BCUT2D eigenvalue weighted by Gasteiger charge is 2.18. The number of carbonyl (C=O) groups excluding carboxylic acids is 1. The molecule has 0 fully saturated rings. The van der Waals surface area contributed by atoms with Crippen molar-refractivity contribution in [1.29, 1.82) is 0 Å². The van der Waals surface area contributed by atoms with Gasteiger partial charge < -0.3 is 29.2 Å². The van der Waals surface area contributed by atoms with E-state index in [2.05, 4.69) is 50.4 Å². The van der Waals surface area contributed by atoms with Crippen LogP contribution in [0.15, 0.2) is 60.7 Å². The Kier molecular flexibility index (Phi) is 9.28. The van der Waals surface area contributed by atoms with Crippen LogP contribution in [0.5, 0.6) is 23.0 Å². The lowest BCUT2D eigenvalue weighted by atomic mass is 9.87. The Morgan fingerprint density at radius 1 is 0.757 bits per heavy atom. The number of hydrogen-bond acceptors (Lipinski definition) is 5. The molecule has 0 radical (unpaired) electrons. The molecule has 0 bridgehead atoms. The summed E-state index contributed by atoms with van der Waals surface area (Å²) >= 11 is 0. The van der Waals surface area contributed by atoms with Gasteiger partial charge in [-0.15, -0.1) is 0 Å². The Hall–Kier alpha value is -3.87. The first kappa shape index (κ1) is 27.7. The summed E-state index contributed by atoms with van der Waals surface area (Å²) in [5.41, 5.74) is 3.99. The van der Waals surface area contributed by atoms with Crippen molar-refractivity contribution < 1.29 is 23.7 Å². The fourth-order valence-corrected chi connectivity index (χ4v) is 3.98. The number of benzene rings is 3. The number of amides is 2. The van der Waals surface area contributed by atoms with Crippen molar-refractivity contribution >= 4 is 11.7 Å². The number of hydrogen-bond donors (Lipinski definition) is 1. The lowest BCUT2D eigenvalue weighted by Gasteiger charge is -2.25. The van der Waals surface area contributed by atoms with Crippen LogP contribution in [0.2, 0.25) is 0 Å². The molecule has 0 unspecified atom stereocenters. The number of anilines is 1. The zero-order chi connectivity index (χ0) is 27.0. The quantitative estimate of drug-likeness (QED) is 0.350. The normalized spacial score (nSPS) is 11.0. The molecule has 198 valence electrons. The number of ether oxygens (including phenoxy) is 4. The molecule has 0 aliphatic rings. The maximum absolute atomic E-state index is 13.5. The third-order valence-corrected chi connectivity index (χ3v) is 6.25. The van der Waals surface area contributed by atoms with Gasteiger partial charge >= 0.3 is 6.03 Å². The summed E-state index contributed by atoms with van der Waals surface area (Å²) in [6, 6.07) is 19.3. The van der Waals surface area contributed by atoms with Gasteiger partial charge in [-0.1, -0.05) is 51.1 Å². The van der Waals surface area contributed by atoms with E-state index in [1.165, 1.54) is 5.56 Å². The maximum atomic E-state index is 13.5. The Labute approximate surface area is 220 Å². The monoisotopic (exact) mass is 506 g/mol. The van der Waals surface area contributed by atoms with Crippen LogP contribution in [0, 0.1) is 0 Å². The molecule has 7 nitrogen and oxygen atoms in total. The number of urea groups is 1. The topological polar surface area (TPSA) is 69.3 Å². The summed E-state index contributed by atoms with van der Waals surface area (Å²) < 4.78 is 21.5. The van der Waals surface area contributed by atoms with Gasteiger partial charge in [0.1, 0.15) is 11.5 Å². The molecule has 37 heavy (non-hydrogen) atoms. The summed E-state index contributed by atoms with van der Waals surface area (Å²) in [5, 5.41) is 3.01. The van der Waals surface area contributed by atoms with Gasteiger partial charge in [0.15, 0.2) is 11.5 Å². The molecule has 2 amide bonds. The van der Waals surface area contributed by atoms with Crippen molar-refractivity contribution in [2.24, 2.45) is 0 Å². The molecule has 0 aromatic heterocycles. The predicted octanol–water partition coefficient (Wildman–Crippen LogP) is 6.30. The van der Waals surface area contributed by atoms with E-state index in [1.54, 1.807) is 51.5 Å². The van der Waals surface area contributed by atoms with Gasteiger partial charge in [-0.25, -0.2) is 4.79 Å². The van der Waals surface area contributed by atoms with Gasteiger partial charge in [0, 0.05) is 19.2 Å². The molecular weight excluding hydrogens is 468 g/mol. The molecule has 0 saturated heterocycles. The largest absolute Gasteiger partial charge is 0.497 e. The maximum Gasteiger partial charge on any atom is 0.322 e. The van der Waals surface area contributed by atoms with Gasteiger partial charge in [-0.05, 0) is 52.8 Å². The SMILES string of the molecule is COc1ccc(NC(=O)N(CCc2ccc(OC)c(OC)c2)Cc2ccc(C(C)(C)C)cc2)c(OC)c1. The van der Waals surface area contributed by atoms with Crippen molar-refractivity contribution in [2.75, 3.05) is 40.3 Å². The molecule has 0 aliphatic carbocycles. The summed E-state index contributed by atoms with van der Waals surface area (Å²) in [5.74, 6) is 2.52. The molecule has 0 aliphatic heterocycles. The van der Waals surface area contributed by atoms with Gasteiger partial charge in [0.25, 0.3) is 0 Å². The zero-order valence-electron chi connectivity index (χ0n) is 22.9. The van der Waals surface area contributed by atoms with Crippen LogP contribution in [0.3, 0.4) is 0 Å². The van der Waals surface area contributed by atoms with Crippen molar-refractivity contribution in [3.05, 3.63) is 77.4 Å². The Morgan fingerprint density at radius 2 is 1.41 bits per heavy atom. The van der Waals surface area contributed by atoms with Gasteiger partial charge in [-0.3, -0.25) is 0 Å². The average Bonchev–Trinajstić information content (AvgIpc) is 2.90. The van der Waals surface area contributed by atoms with Crippen molar-refractivity contribution in [3.8, 4) is 23.0 Å². The average molecular weight is 507 g/mol. The van der Waals surface area contributed by atoms with Crippen molar-refractivity contribution in [2.45, 2.75) is 39.2 Å². The molecule has 0 spiro atoms. The first-order valence-corrected chi connectivity index (χ1v) is 12.3. The summed E-state index contributed by atoms with van der Waals surface area (Å²) in [6.45, 7) is 7.52. The molecule has 0 heterocycles.